The lowest BCUT2D eigenvalue weighted by Crippen LogP contribution is -2.27. The second kappa shape index (κ2) is 8.92. The molecule has 0 aliphatic rings. The van der Waals surface area contributed by atoms with Gasteiger partial charge in [-0.15, -0.1) is 0 Å². The molecule has 0 unspecified atom stereocenters. The van der Waals surface area contributed by atoms with Crippen LogP contribution in [0.5, 0.6) is 0 Å². The number of carboxylic acid groups (broad SMARTS) is 1. The van der Waals surface area contributed by atoms with Crippen LogP contribution in [0.2, 0.25) is 0 Å². The molecule has 0 spiro atoms. The van der Waals surface area contributed by atoms with Crippen LogP contribution >= 0.6 is 0 Å². The zero-order valence-electron chi connectivity index (χ0n) is 12.2. The number of hydrogen-bond acceptors (Lipinski definition) is 3. The number of unbranched alkanes of at least 4 members (excludes halogenated alkanes) is 2. The van der Waals surface area contributed by atoms with Gasteiger partial charge >= 0.3 is 5.97 Å². The molecular formula is C16H21NO4. The number of aliphatic carboxylic acids is 1. The summed E-state index contributed by atoms with van der Waals surface area (Å²) in [4.78, 5) is 24.2. The minimum absolute atomic E-state index is 0.0623. The molecule has 0 atom stereocenters. The topological polar surface area (TPSA) is 77.8 Å². The fourth-order valence-corrected chi connectivity index (χ4v) is 1.86. The van der Waals surface area contributed by atoms with E-state index in [-0.39, 0.29) is 12.5 Å². The van der Waals surface area contributed by atoms with E-state index in [1.165, 1.54) is 6.08 Å². The molecule has 21 heavy (non-hydrogen) atoms. The Kier molecular flexibility index (Phi) is 7.18. The Bertz CT molecular complexity index is 494. The van der Waals surface area contributed by atoms with Crippen LogP contribution in [0.4, 0.5) is 0 Å². The number of amides is 1. The molecule has 114 valence electrons. The fraction of sp³-hybridized carbons (Fsp3) is 0.375. The molecule has 5 nitrogen and oxygen atoms in total. The van der Waals surface area contributed by atoms with E-state index in [1.54, 1.807) is 36.2 Å². The zero-order chi connectivity index (χ0) is 15.7. The summed E-state index contributed by atoms with van der Waals surface area (Å²) < 4.78 is 0. The molecule has 0 aliphatic heterocycles. The minimum atomic E-state index is -1.00. The van der Waals surface area contributed by atoms with E-state index >= 15 is 0 Å². The lowest BCUT2D eigenvalue weighted by molar-refractivity contribution is -0.131. The monoisotopic (exact) mass is 291 g/mol. The molecular weight excluding hydrogens is 270 g/mol. The van der Waals surface area contributed by atoms with Crippen LogP contribution in [-0.2, 0) is 4.79 Å². The fourth-order valence-electron chi connectivity index (χ4n) is 1.86. The van der Waals surface area contributed by atoms with Crippen LogP contribution in [0.25, 0.3) is 6.08 Å². The number of carbonyl (C=O) groups excluding carboxylic acids is 1. The normalized spacial score (nSPS) is 10.8. The number of aliphatic hydroxyl groups is 1. The van der Waals surface area contributed by atoms with Crippen LogP contribution < -0.4 is 0 Å². The maximum atomic E-state index is 12.2. The van der Waals surface area contributed by atoms with Gasteiger partial charge in [0.25, 0.3) is 5.91 Å². The largest absolute Gasteiger partial charge is 0.478 e. The third kappa shape index (κ3) is 6.23. The van der Waals surface area contributed by atoms with Crippen molar-refractivity contribution in [2.24, 2.45) is 0 Å². The van der Waals surface area contributed by atoms with Crippen molar-refractivity contribution in [1.29, 1.82) is 0 Å². The summed E-state index contributed by atoms with van der Waals surface area (Å²) in [6.45, 7) is 0.836. The predicted molar refractivity (Wildman–Crippen MR) is 81.0 cm³/mol. The van der Waals surface area contributed by atoms with Crippen LogP contribution in [0.3, 0.4) is 0 Å². The molecule has 5 heteroatoms. The molecule has 0 fully saturated rings. The highest BCUT2D eigenvalue weighted by Gasteiger charge is 2.10. The summed E-state index contributed by atoms with van der Waals surface area (Å²) in [5.41, 5.74) is 1.31. The first-order chi connectivity index (χ1) is 10.0. The maximum absolute atomic E-state index is 12.2. The van der Waals surface area contributed by atoms with Crippen molar-refractivity contribution in [2.75, 3.05) is 20.2 Å². The first-order valence-electron chi connectivity index (χ1n) is 6.92. The number of carboxylic acids is 1. The Balaban J connectivity index is 2.56. The van der Waals surface area contributed by atoms with Gasteiger partial charge in [-0.2, -0.15) is 0 Å². The summed E-state index contributed by atoms with van der Waals surface area (Å²) in [6.07, 6.45) is 5.06. The van der Waals surface area contributed by atoms with E-state index < -0.39 is 5.97 Å². The number of benzene rings is 1. The second-order valence-electron chi connectivity index (χ2n) is 4.80. The van der Waals surface area contributed by atoms with Crippen molar-refractivity contribution in [3.63, 3.8) is 0 Å². The van der Waals surface area contributed by atoms with Gasteiger partial charge in [0.1, 0.15) is 0 Å². The third-order valence-corrected chi connectivity index (χ3v) is 3.07. The van der Waals surface area contributed by atoms with Gasteiger partial charge in [-0.05, 0) is 43.0 Å². The van der Waals surface area contributed by atoms with E-state index in [0.29, 0.717) is 12.1 Å². The summed E-state index contributed by atoms with van der Waals surface area (Å²) in [6, 6.07) is 6.81. The molecule has 0 saturated carbocycles. The Labute approximate surface area is 124 Å². The lowest BCUT2D eigenvalue weighted by atomic mass is 10.1. The van der Waals surface area contributed by atoms with Crippen molar-refractivity contribution in [2.45, 2.75) is 19.3 Å². The van der Waals surface area contributed by atoms with Crippen LogP contribution in [0.1, 0.15) is 35.2 Å². The molecule has 0 aromatic heterocycles. The SMILES string of the molecule is CN(CCCCCO)C(=O)c1ccc(/C=C/C(=O)O)cc1. The number of aliphatic hydroxyl groups excluding tert-OH is 1. The lowest BCUT2D eigenvalue weighted by Gasteiger charge is -2.17. The van der Waals surface area contributed by atoms with Gasteiger partial charge in [0.15, 0.2) is 0 Å². The third-order valence-electron chi connectivity index (χ3n) is 3.07. The number of carbonyl (C=O) groups is 2. The molecule has 2 N–H and O–H groups in total. The molecule has 0 saturated heterocycles. The smallest absolute Gasteiger partial charge is 0.328 e. The average Bonchev–Trinajstić information content (AvgIpc) is 2.49. The van der Waals surface area contributed by atoms with Crippen molar-refractivity contribution < 1.29 is 19.8 Å². The summed E-state index contributed by atoms with van der Waals surface area (Å²) >= 11 is 0. The van der Waals surface area contributed by atoms with Crippen LogP contribution in [-0.4, -0.2) is 47.2 Å². The standard InChI is InChI=1S/C16H21NO4/c1-17(11-3-2-4-12-18)16(21)14-8-5-13(6-9-14)7-10-15(19)20/h5-10,18H,2-4,11-12H2,1H3,(H,19,20)/b10-7+. The van der Waals surface area contributed by atoms with E-state index in [1.807, 2.05) is 0 Å². The highest BCUT2D eigenvalue weighted by Crippen LogP contribution is 2.09. The van der Waals surface area contributed by atoms with Crippen molar-refractivity contribution in [3.05, 3.63) is 41.5 Å². The summed E-state index contributed by atoms with van der Waals surface area (Å²) in [7, 11) is 1.75. The minimum Gasteiger partial charge on any atom is -0.478 e. The van der Waals surface area contributed by atoms with Gasteiger partial charge in [0.05, 0.1) is 0 Å². The molecule has 1 aromatic carbocycles. The van der Waals surface area contributed by atoms with E-state index in [2.05, 4.69) is 0 Å². The Morgan fingerprint density at radius 2 is 1.81 bits per heavy atom. The first kappa shape index (κ1) is 16.9. The van der Waals surface area contributed by atoms with Crippen LogP contribution in [0, 0.1) is 0 Å². The average molecular weight is 291 g/mol. The van der Waals surface area contributed by atoms with Gasteiger partial charge in [0.2, 0.25) is 0 Å². The van der Waals surface area contributed by atoms with Gasteiger partial charge in [0, 0.05) is 31.8 Å². The van der Waals surface area contributed by atoms with Crippen molar-refractivity contribution >= 4 is 18.0 Å². The quantitative estimate of drug-likeness (QED) is 0.567. The van der Waals surface area contributed by atoms with E-state index in [4.69, 9.17) is 10.2 Å². The van der Waals surface area contributed by atoms with E-state index in [0.717, 1.165) is 30.9 Å². The van der Waals surface area contributed by atoms with Crippen molar-refractivity contribution in [1.82, 2.24) is 4.90 Å². The highest BCUT2D eigenvalue weighted by molar-refractivity contribution is 5.94. The zero-order valence-corrected chi connectivity index (χ0v) is 12.2. The molecule has 1 aromatic rings. The maximum Gasteiger partial charge on any atom is 0.328 e. The Morgan fingerprint density at radius 1 is 1.14 bits per heavy atom. The summed E-state index contributed by atoms with van der Waals surface area (Å²) in [5.74, 6) is -1.06. The van der Waals surface area contributed by atoms with E-state index in [9.17, 15) is 9.59 Å². The second-order valence-corrected chi connectivity index (χ2v) is 4.80. The number of nitrogens with zero attached hydrogens (tertiary/aromatic N) is 1. The van der Waals surface area contributed by atoms with Gasteiger partial charge < -0.3 is 15.1 Å². The van der Waals surface area contributed by atoms with Gasteiger partial charge in [-0.1, -0.05) is 12.1 Å². The first-order valence-corrected chi connectivity index (χ1v) is 6.92. The number of hydrogen-bond donors (Lipinski definition) is 2. The molecule has 1 rings (SSSR count). The molecule has 0 aliphatic carbocycles. The van der Waals surface area contributed by atoms with Crippen molar-refractivity contribution in [3.8, 4) is 0 Å². The molecule has 0 bridgehead atoms. The molecule has 0 heterocycles. The van der Waals surface area contributed by atoms with Gasteiger partial charge in [-0.25, -0.2) is 4.79 Å². The highest BCUT2D eigenvalue weighted by atomic mass is 16.4. The van der Waals surface area contributed by atoms with Gasteiger partial charge in [-0.3, -0.25) is 4.79 Å². The predicted octanol–water partition coefficient (Wildman–Crippen LogP) is 2.02. The summed E-state index contributed by atoms with van der Waals surface area (Å²) in [5, 5.41) is 17.2. The molecule has 0 radical (unpaired) electrons. The molecule has 1 amide bonds. The number of rotatable bonds is 8. The Hall–Kier alpha value is -2.14. The van der Waals surface area contributed by atoms with Crippen LogP contribution in [0.15, 0.2) is 30.3 Å². The Morgan fingerprint density at radius 3 is 2.38 bits per heavy atom.